The third-order valence-corrected chi connectivity index (χ3v) is 4.28. The highest BCUT2D eigenvalue weighted by Crippen LogP contribution is 2.20. The Balaban J connectivity index is 1.76. The zero-order valence-electron chi connectivity index (χ0n) is 12.4. The van der Waals surface area contributed by atoms with Crippen molar-refractivity contribution in [2.45, 2.75) is 44.3 Å². The summed E-state index contributed by atoms with van der Waals surface area (Å²) in [7, 11) is 3.65. The summed E-state index contributed by atoms with van der Waals surface area (Å²) in [6.07, 6.45) is 3.23. The summed E-state index contributed by atoms with van der Waals surface area (Å²) in [5.74, 6) is -0.117. The van der Waals surface area contributed by atoms with Gasteiger partial charge in [0.25, 0.3) is 0 Å². The van der Waals surface area contributed by atoms with Crippen molar-refractivity contribution in [1.82, 2.24) is 15.1 Å². The van der Waals surface area contributed by atoms with E-state index in [1.54, 1.807) is 0 Å². The molecule has 2 fully saturated rings. The number of piperazine rings is 1. The van der Waals surface area contributed by atoms with Gasteiger partial charge in [-0.05, 0) is 33.2 Å². The zero-order chi connectivity index (χ0) is 13.8. The number of carbonyl (C=O) groups is 1. The second kappa shape index (κ2) is 6.68. The van der Waals surface area contributed by atoms with Crippen LogP contribution in [-0.4, -0.2) is 74.2 Å². The van der Waals surface area contributed by atoms with Crippen molar-refractivity contribution < 1.29 is 9.53 Å². The van der Waals surface area contributed by atoms with E-state index in [9.17, 15) is 4.79 Å². The third kappa shape index (κ3) is 4.44. The Labute approximate surface area is 116 Å². The number of hydrogen-bond donors (Lipinski definition) is 1. The molecule has 1 aliphatic heterocycles. The second-order valence-electron chi connectivity index (χ2n) is 5.94. The van der Waals surface area contributed by atoms with Gasteiger partial charge >= 0.3 is 5.97 Å². The minimum Gasteiger partial charge on any atom is -0.468 e. The summed E-state index contributed by atoms with van der Waals surface area (Å²) in [5, 5.41) is 3.39. The van der Waals surface area contributed by atoms with E-state index in [2.05, 4.69) is 29.1 Å². The average molecular weight is 269 g/mol. The lowest BCUT2D eigenvalue weighted by molar-refractivity contribution is -0.143. The average Bonchev–Trinajstić information content (AvgIpc) is 3.21. The van der Waals surface area contributed by atoms with Crippen LogP contribution in [0.15, 0.2) is 0 Å². The van der Waals surface area contributed by atoms with Gasteiger partial charge in [-0.15, -0.1) is 0 Å². The maximum Gasteiger partial charge on any atom is 0.322 e. The smallest absolute Gasteiger partial charge is 0.322 e. The van der Waals surface area contributed by atoms with E-state index in [-0.39, 0.29) is 12.0 Å². The molecule has 0 amide bonds. The molecule has 5 heteroatoms. The van der Waals surface area contributed by atoms with Gasteiger partial charge in [-0.2, -0.15) is 0 Å². The SMILES string of the molecule is COC(=O)C(CCN1CCN(C)C(C)C1)NC1CC1. The van der Waals surface area contributed by atoms with E-state index in [0.717, 1.165) is 32.6 Å². The molecule has 1 saturated carbocycles. The van der Waals surface area contributed by atoms with Gasteiger partial charge in [0.1, 0.15) is 6.04 Å². The van der Waals surface area contributed by atoms with E-state index in [1.807, 2.05) is 0 Å². The van der Waals surface area contributed by atoms with Crippen LogP contribution in [0.4, 0.5) is 0 Å². The summed E-state index contributed by atoms with van der Waals surface area (Å²) in [5.41, 5.74) is 0. The number of likely N-dealkylation sites (N-methyl/N-ethyl adjacent to an activating group) is 1. The van der Waals surface area contributed by atoms with Gasteiger partial charge in [0.2, 0.25) is 0 Å². The van der Waals surface area contributed by atoms with Crippen LogP contribution in [0.25, 0.3) is 0 Å². The molecule has 2 rings (SSSR count). The number of hydrogen-bond acceptors (Lipinski definition) is 5. The molecular weight excluding hydrogens is 242 g/mol. The summed E-state index contributed by atoms with van der Waals surface area (Å²) in [4.78, 5) is 16.6. The van der Waals surface area contributed by atoms with Crippen molar-refractivity contribution in [3.8, 4) is 0 Å². The standard InChI is InChI=1S/C14H27N3O2/c1-11-10-17(9-8-16(11)2)7-6-13(14(18)19-3)15-12-4-5-12/h11-13,15H,4-10H2,1-3H3. The van der Waals surface area contributed by atoms with Crippen molar-refractivity contribution in [3.05, 3.63) is 0 Å². The van der Waals surface area contributed by atoms with Crippen LogP contribution in [0, 0.1) is 0 Å². The van der Waals surface area contributed by atoms with Gasteiger partial charge in [-0.1, -0.05) is 0 Å². The van der Waals surface area contributed by atoms with Gasteiger partial charge in [-0.3, -0.25) is 4.79 Å². The maximum atomic E-state index is 11.8. The van der Waals surface area contributed by atoms with Crippen LogP contribution in [0.5, 0.6) is 0 Å². The molecule has 1 N–H and O–H groups in total. The van der Waals surface area contributed by atoms with Gasteiger partial charge in [0.05, 0.1) is 7.11 Å². The number of rotatable bonds is 6. The van der Waals surface area contributed by atoms with E-state index in [1.165, 1.54) is 20.0 Å². The molecule has 2 unspecified atom stereocenters. The molecule has 0 radical (unpaired) electrons. The first-order chi connectivity index (χ1) is 9.10. The fourth-order valence-corrected chi connectivity index (χ4v) is 2.58. The van der Waals surface area contributed by atoms with Crippen LogP contribution >= 0.6 is 0 Å². The highest BCUT2D eigenvalue weighted by Gasteiger charge is 2.29. The minimum atomic E-state index is -0.132. The minimum absolute atomic E-state index is 0.117. The van der Waals surface area contributed by atoms with Crippen molar-refractivity contribution in [3.63, 3.8) is 0 Å². The molecule has 1 saturated heterocycles. The second-order valence-corrected chi connectivity index (χ2v) is 5.94. The van der Waals surface area contributed by atoms with Crippen LogP contribution in [0.3, 0.4) is 0 Å². The van der Waals surface area contributed by atoms with Crippen molar-refractivity contribution in [2.24, 2.45) is 0 Å². The van der Waals surface area contributed by atoms with E-state index in [0.29, 0.717) is 12.1 Å². The van der Waals surface area contributed by atoms with E-state index in [4.69, 9.17) is 4.74 Å². The summed E-state index contributed by atoms with van der Waals surface area (Å²) in [6.45, 7) is 6.52. The highest BCUT2D eigenvalue weighted by atomic mass is 16.5. The Morgan fingerprint density at radius 3 is 2.74 bits per heavy atom. The van der Waals surface area contributed by atoms with Gasteiger partial charge in [0, 0.05) is 38.3 Å². The number of methoxy groups -OCH3 is 1. The Hall–Kier alpha value is -0.650. The lowest BCUT2D eigenvalue weighted by Gasteiger charge is -2.38. The number of nitrogens with zero attached hydrogens (tertiary/aromatic N) is 2. The van der Waals surface area contributed by atoms with Gasteiger partial charge in [-0.25, -0.2) is 0 Å². The highest BCUT2D eigenvalue weighted by molar-refractivity contribution is 5.75. The number of carbonyl (C=O) groups excluding carboxylic acids is 1. The van der Waals surface area contributed by atoms with Crippen LogP contribution < -0.4 is 5.32 Å². The molecule has 0 bridgehead atoms. The fraction of sp³-hybridized carbons (Fsp3) is 0.929. The molecule has 5 nitrogen and oxygen atoms in total. The fourth-order valence-electron chi connectivity index (χ4n) is 2.58. The lowest BCUT2D eigenvalue weighted by Crippen LogP contribution is -2.51. The summed E-state index contributed by atoms with van der Waals surface area (Å²) < 4.78 is 4.89. The van der Waals surface area contributed by atoms with Crippen LogP contribution in [0.2, 0.25) is 0 Å². The lowest BCUT2D eigenvalue weighted by atomic mass is 10.1. The molecule has 2 aliphatic rings. The van der Waals surface area contributed by atoms with Crippen molar-refractivity contribution in [2.75, 3.05) is 40.3 Å². The molecule has 0 aromatic carbocycles. The largest absolute Gasteiger partial charge is 0.468 e. The Morgan fingerprint density at radius 1 is 1.42 bits per heavy atom. The Morgan fingerprint density at radius 2 is 2.16 bits per heavy atom. The first-order valence-electron chi connectivity index (χ1n) is 7.36. The molecule has 0 spiro atoms. The molecule has 1 heterocycles. The van der Waals surface area contributed by atoms with E-state index >= 15 is 0 Å². The monoisotopic (exact) mass is 269 g/mol. The first kappa shape index (κ1) is 14.8. The summed E-state index contributed by atoms with van der Waals surface area (Å²) in [6, 6.07) is 1.00. The number of esters is 1. The predicted octanol–water partition coefficient (Wildman–Crippen LogP) is 0.306. The topological polar surface area (TPSA) is 44.8 Å². The number of nitrogens with one attached hydrogen (secondary N) is 1. The maximum absolute atomic E-state index is 11.8. The molecule has 2 atom stereocenters. The number of ether oxygens (including phenoxy) is 1. The quantitative estimate of drug-likeness (QED) is 0.703. The molecule has 19 heavy (non-hydrogen) atoms. The van der Waals surface area contributed by atoms with Gasteiger partial charge in [0.15, 0.2) is 0 Å². The van der Waals surface area contributed by atoms with Crippen molar-refractivity contribution >= 4 is 5.97 Å². The molecule has 110 valence electrons. The Kier molecular flexibility index (Phi) is 5.19. The Bertz CT molecular complexity index is 307. The van der Waals surface area contributed by atoms with Crippen LogP contribution in [-0.2, 0) is 9.53 Å². The molecule has 0 aromatic rings. The molecule has 1 aliphatic carbocycles. The van der Waals surface area contributed by atoms with Gasteiger partial charge < -0.3 is 19.9 Å². The van der Waals surface area contributed by atoms with Crippen LogP contribution in [0.1, 0.15) is 26.2 Å². The molecular formula is C14H27N3O2. The normalized spacial score (nSPS) is 27.2. The third-order valence-electron chi connectivity index (χ3n) is 4.28. The molecule has 0 aromatic heterocycles. The van der Waals surface area contributed by atoms with Crippen molar-refractivity contribution in [1.29, 1.82) is 0 Å². The first-order valence-corrected chi connectivity index (χ1v) is 7.36. The summed E-state index contributed by atoms with van der Waals surface area (Å²) >= 11 is 0. The predicted molar refractivity (Wildman–Crippen MR) is 75.1 cm³/mol. The zero-order valence-corrected chi connectivity index (χ0v) is 12.4. The van der Waals surface area contributed by atoms with E-state index < -0.39 is 0 Å².